The normalized spacial score (nSPS) is 12.1. The maximum absolute atomic E-state index is 11.4. The van der Waals surface area contributed by atoms with Crippen molar-refractivity contribution in [2.45, 2.75) is 4.90 Å². The van der Waals surface area contributed by atoms with E-state index in [4.69, 9.17) is 0 Å². The van der Waals surface area contributed by atoms with Crippen LogP contribution in [-0.4, -0.2) is 23.1 Å². The molecule has 0 saturated carbocycles. The Hall–Kier alpha value is -2.18. The van der Waals surface area contributed by atoms with Gasteiger partial charge in [-0.15, -0.1) is 0 Å². The predicted molar refractivity (Wildman–Crippen MR) is 70.7 cm³/mol. The van der Waals surface area contributed by atoms with Gasteiger partial charge in [0.2, 0.25) is 0 Å². The summed E-state index contributed by atoms with van der Waals surface area (Å²) < 4.78 is 32.2. The van der Waals surface area contributed by atoms with Crippen molar-refractivity contribution in [2.75, 3.05) is 0 Å². The van der Waals surface area contributed by atoms with Gasteiger partial charge in [0.1, 0.15) is 10.6 Å². The lowest BCUT2D eigenvalue weighted by Crippen LogP contribution is -2.00. The van der Waals surface area contributed by atoms with Crippen molar-refractivity contribution in [1.82, 2.24) is 4.98 Å². The molecule has 0 radical (unpaired) electrons. The number of nitrogens with zero attached hydrogens (tertiary/aromatic N) is 1. The first-order valence-corrected chi connectivity index (χ1v) is 6.89. The number of phenols is 1. The fourth-order valence-electron chi connectivity index (χ4n) is 2.13. The maximum Gasteiger partial charge on any atom is 0.295 e. The van der Waals surface area contributed by atoms with Crippen LogP contribution in [0.3, 0.4) is 0 Å². The topological polar surface area (TPSA) is 87.5 Å². The molecule has 0 spiro atoms. The molecule has 0 bridgehead atoms. The third-order valence-corrected chi connectivity index (χ3v) is 3.82. The Balaban J connectivity index is 2.62. The van der Waals surface area contributed by atoms with Crippen LogP contribution in [0.15, 0.2) is 47.5 Å². The molecule has 6 heteroatoms. The molecule has 96 valence electrons. The van der Waals surface area contributed by atoms with E-state index < -0.39 is 10.1 Å². The molecular formula is C13H9NO4S. The molecule has 1 aromatic heterocycles. The summed E-state index contributed by atoms with van der Waals surface area (Å²) in [6.45, 7) is 0. The maximum atomic E-state index is 11.4. The van der Waals surface area contributed by atoms with Gasteiger partial charge in [-0.2, -0.15) is 8.42 Å². The summed E-state index contributed by atoms with van der Waals surface area (Å²) >= 11 is 0. The van der Waals surface area contributed by atoms with Crippen molar-refractivity contribution in [3.05, 3.63) is 42.6 Å². The first-order valence-electron chi connectivity index (χ1n) is 5.45. The summed E-state index contributed by atoms with van der Waals surface area (Å²) in [4.78, 5) is 3.95. The zero-order chi connectivity index (χ0) is 13.6. The highest BCUT2D eigenvalue weighted by Gasteiger charge is 2.17. The quantitative estimate of drug-likeness (QED) is 0.525. The van der Waals surface area contributed by atoms with Gasteiger partial charge < -0.3 is 5.11 Å². The number of hydrogen-bond acceptors (Lipinski definition) is 4. The van der Waals surface area contributed by atoms with E-state index in [9.17, 15) is 18.1 Å². The lowest BCUT2D eigenvalue weighted by Gasteiger charge is -2.07. The van der Waals surface area contributed by atoms with Crippen molar-refractivity contribution in [2.24, 2.45) is 0 Å². The molecule has 3 rings (SSSR count). The van der Waals surface area contributed by atoms with Crippen LogP contribution in [0, 0.1) is 0 Å². The SMILES string of the molecule is O=S(=O)(O)c1cc2ccc(O)cc2c2ncccc12. The van der Waals surface area contributed by atoms with Gasteiger partial charge in [-0.3, -0.25) is 9.54 Å². The van der Waals surface area contributed by atoms with Gasteiger partial charge in [-0.25, -0.2) is 0 Å². The fourth-order valence-corrected chi connectivity index (χ4v) is 2.84. The summed E-state index contributed by atoms with van der Waals surface area (Å²) in [5.41, 5.74) is 0.420. The van der Waals surface area contributed by atoms with Crippen LogP contribution in [0.2, 0.25) is 0 Å². The Morgan fingerprint density at radius 3 is 2.58 bits per heavy atom. The van der Waals surface area contributed by atoms with Crippen molar-refractivity contribution >= 4 is 31.8 Å². The highest BCUT2D eigenvalue weighted by atomic mass is 32.2. The van der Waals surface area contributed by atoms with Gasteiger partial charge in [0.15, 0.2) is 0 Å². The van der Waals surface area contributed by atoms with E-state index in [0.717, 1.165) is 0 Å². The minimum atomic E-state index is -4.33. The molecule has 0 amide bonds. The van der Waals surface area contributed by atoms with Gasteiger partial charge in [0, 0.05) is 17.0 Å². The van der Waals surface area contributed by atoms with Crippen LogP contribution in [0.5, 0.6) is 5.75 Å². The van der Waals surface area contributed by atoms with Crippen molar-refractivity contribution in [3.63, 3.8) is 0 Å². The molecule has 0 fully saturated rings. The molecule has 0 aliphatic carbocycles. The third kappa shape index (κ3) is 1.91. The predicted octanol–water partition coefficient (Wildman–Crippen LogP) is 2.34. The number of benzene rings is 2. The summed E-state index contributed by atoms with van der Waals surface area (Å²) in [6, 6.07) is 9.06. The van der Waals surface area contributed by atoms with E-state index >= 15 is 0 Å². The van der Waals surface area contributed by atoms with Crippen LogP contribution in [0.1, 0.15) is 0 Å². The van der Waals surface area contributed by atoms with Crippen LogP contribution in [-0.2, 0) is 10.1 Å². The van der Waals surface area contributed by atoms with E-state index in [0.29, 0.717) is 21.7 Å². The minimum Gasteiger partial charge on any atom is -0.508 e. The zero-order valence-electron chi connectivity index (χ0n) is 9.61. The summed E-state index contributed by atoms with van der Waals surface area (Å²) in [7, 11) is -4.33. The standard InChI is InChI=1S/C13H9NO4S/c15-9-4-3-8-6-12(19(16,17)18)10-2-1-5-14-13(10)11(8)7-9/h1-7,15H,(H,16,17,18). The number of rotatable bonds is 1. The molecule has 0 unspecified atom stereocenters. The van der Waals surface area contributed by atoms with Gasteiger partial charge in [0.05, 0.1) is 5.52 Å². The molecule has 1 heterocycles. The minimum absolute atomic E-state index is 0.0686. The summed E-state index contributed by atoms with van der Waals surface area (Å²) in [5.74, 6) is 0.0686. The molecular weight excluding hydrogens is 266 g/mol. The molecule has 0 atom stereocenters. The Bertz CT molecular complexity index is 903. The number of aromatic nitrogens is 1. The smallest absolute Gasteiger partial charge is 0.295 e. The molecule has 0 aliphatic heterocycles. The molecule has 2 N–H and O–H groups in total. The van der Waals surface area contributed by atoms with E-state index in [-0.39, 0.29) is 10.6 Å². The van der Waals surface area contributed by atoms with Gasteiger partial charge in [-0.05, 0) is 35.7 Å². The average molecular weight is 275 g/mol. The van der Waals surface area contributed by atoms with Crippen molar-refractivity contribution < 1.29 is 18.1 Å². The number of fused-ring (bicyclic) bond motifs is 3. The fraction of sp³-hybridized carbons (Fsp3) is 0. The first kappa shape index (κ1) is 11.9. The summed E-state index contributed by atoms with van der Waals surface area (Å²) in [5, 5.41) is 11.1. The van der Waals surface area contributed by atoms with Gasteiger partial charge in [0.25, 0.3) is 10.1 Å². The van der Waals surface area contributed by atoms with Crippen LogP contribution >= 0.6 is 0 Å². The van der Waals surface area contributed by atoms with Crippen molar-refractivity contribution in [3.8, 4) is 5.75 Å². The first-order chi connectivity index (χ1) is 8.97. The van der Waals surface area contributed by atoms with Gasteiger partial charge in [-0.1, -0.05) is 6.07 Å². The van der Waals surface area contributed by atoms with Crippen LogP contribution in [0.25, 0.3) is 21.7 Å². The second-order valence-electron chi connectivity index (χ2n) is 4.15. The Morgan fingerprint density at radius 1 is 1.05 bits per heavy atom. The zero-order valence-corrected chi connectivity index (χ0v) is 10.4. The second kappa shape index (κ2) is 3.91. The number of hydrogen-bond donors (Lipinski definition) is 2. The van der Waals surface area contributed by atoms with Gasteiger partial charge >= 0.3 is 0 Å². The van der Waals surface area contributed by atoms with Crippen LogP contribution < -0.4 is 0 Å². The largest absolute Gasteiger partial charge is 0.508 e. The monoisotopic (exact) mass is 275 g/mol. The molecule has 3 aromatic rings. The number of aromatic hydroxyl groups is 1. The lowest BCUT2D eigenvalue weighted by atomic mass is 10.1. The lowest BCUT2D eigenvalue weighted by molar-refractivity contribution is 0.476. The highest BCUT2D eigenvalue weighted by Crippen LogP contribution is 2.31. The second-order valence-corrected chi connectivity index (χ2v) is 5.54. The highest BCUT2D eigenvalue weighted by molar-refractivity contribution is 7.86. The van der Waals surface area contributed by atoms with E-state index in [1.807, 2.05) is 0 Å². The van der Waals surface area contributed by atoms with Crippen molar-refractivity contribution in [1.29, 1.82) is 0 Å². The van der Waals surface area contributed by atoms with Crippen LogP contribution in [0.4, 0.5) is 0 Å². The Morgan fingerprint density at radius 2 is 1.84 bits per heavy atom. The molecule has 0 saturated heterocycles. The third-order valence-electron chi connectivity index (χ3n) is 2.93. The average Bonchev–Trinajstić information content (AvgIpc) is 2.37. The molecule has 19 heavy (non-hydrogen) atoms. The van der Waals surface area contributed by atoms with E-state index in [1.165, 1.54) is 24.4 Å². The Labute approximate surface area is 108 Å². The summed E-state index contributed by atoms with van der Waals surface area (Å²) in [6.07, 6.45) is 1.53. The Kier molecular flexibility index (Phi) is 2.44. The number of pyridine rings is 1. The number of phenolic OH excluding ortho intramolecular Hbond substituents is 1. The molecule has 5 nitrogen and oxygen atoms in total. The van der Waals surface area contributed by atoms with E-state index in [2.05, 4.69) is 4.98 Å². The molecule has 0 aliphatic rings. The molecule has 2 aromatic carbocycles. The van der Waals surface area contributed by atoms with E-state index in [1.54, 1.807) is 18.2 Å².